The third kappa shape index (κ3) is 4.37. The van der Waals surface area contributed by atoms with Crippen molar-refractivity contribution in [3.8, 4) is 0 Å². The van der Waals surface area contributed by atoms with E-state index in [-0.39, 0.29) is 24.5 Å². The number of carbonyl (C=O) groups is 3. The molecule has 0 spiro atoms. The fourth-order valence-electron chi connectivity index (χ4n) is 4.03. The number of carbonyl (C=O) groups excluding carboxylic acids is 3. The van der Waals surface area contributed by atoms with Crippen molar-refractivity contribution in [2.24, 2.45) is 0 Å². The Hall–Kier alpha value is -3.62. The highest BCUT2D eigenvalue weighted by Crippen LogP contribution is 2.27. The maximum atomic E-state index is 13.1. The number of esters is 2. The molecule has 2 amide bonds. The predicted octanol–water partition coefficient (Wildman–Crippen LogP) is 2.51. The molecule has 2 aliphatic heterocycles. The van der Waals surface area contributed by atoms with E-state index in [0.29, 0.717) is 11.4 Å². The van der Waals surface area contributed by atoms with Crippen LogP contribution in [0.1, 0.15) is 37.0 Å². The molecule has 2 aliphatic rings. The molecular weight excluding hydrogens is 412 g/mol. The Bertz CT molecular complexity index is 1090. The standard InChI is InChI=1S/C23H26N4O5/c1-3-31-22(29)19-14(2)24-23(30)26-18(19)13-32-21(28)16-12-15-8-4-5-9-17(15)25-20(16)27-10-6-7-11-27/h4-5,8-9,12,14H,3,6-7,10-11,13H2,1-2H3,(H2,24,26,30). The average Bonchev–Trinajstić information content (AvgIpc) is 3.31. The molecule has 0 aliphatic carbocycles. The molecule has 1 fully saturated rings. The lowest BCUT2D eigenvalue weighted by Gasteiger charge is -2.26. The van der Waals surface area contributed by atoms with Gasteiger partial charge in [-0.3, -0.25) is 0 Å². The highest BCUT2D eigenvalue weighted by molar-refractivity contribution is 6.00. The van der Waals surface area contributed by atoms with Crippen LogP contribution < -0.4 is 15.5 Å². The van der Waals surface area contributed by atoms with Crippen molar-refractivity contribution < 1.29 is 23.9 Å². The smallest absolute Gasteiger partial charge is 0.342 e. The molecule has 1 saturated heterocycles. The van der Waals surface area contributed by atoms with Crippen LogP contribution in [0.4, 0.5) is 10.6 Å². The number of fused-ring (bicyclic) bond motifs is 1. The van der Waals surface area contributed by atoms with Gasteiger partial charge < -0.3 is 25.0 Å². The van der Waals surface area contributed by atoms with E-state index < -0.39 is 24.0 Å². The van der Waals surface area contributed by atoms with E-state index >= 15 is 0 Å². The summed E-state index contributed by atoms with van der Waals surface area (Å²) in [5, 5.41) is 6.02. The number of pyridine rings is 1. The minimum Gasteiger partial charge on any atom is -0.463 e. The van der Waals surface area contributed by atoms with Crippen LogP contribution in [0.25, 0.3) is 10.9 Å². The minimum atomic E-state index is -0.570. The van der Waals surface area contributed by atoms with Crippen molar-refractivity contribution in [3.63, 3.8) is 0 Å². The Morgan fingerprint density at radius 1 is 1.16 bits per heavy atom. The van der Waals surface area contributed by atoms with E-state index in [1.807, 2.05) is 24.3 Å². The van der Waals surface area contributed by atoms with Crippen LogP contribution in [-0.4, -0.2) is 55.3 Å². The second-order valence-electron chi connectivity index (χ2n) is 7.76. The first-order valence-corrected chi connectivity index (χ1v) is 10.8. The number of nitrogens with one attached hydrogen (secondary N) is 2. The number of para-hydroxylation sites is 1. The number of rotatable bonds is 6. The summed E-state index contributed by atoms with van der Waals surface area (Å²) in [6.45, 7) is 4.94. The molecule has 1 atom stereocenters. The highest BCUT2D eigenvalue weighted by atomic mass is 16.5. The molecule has 32 heavy (non-hydrogen) atoms. The van der Waals surface area contributed by atoms with Gasteiger partial charge in [0.05, 0.1) is 29.4 Å². The van der Waals surface area contributed by atoms with E-state index in [0.717, 1.165) is 36.8 Å². The molecule has 1 aromatic carbocycles. The van der Waals surface area contributed by atoms with Crippen molar-refractivity contribution in [2.75, 3.05) is 31.2 Å². The zero-order valence-corrected chi connectivity index (χ0v) is 18.1. The summed E-state index contributed by atoms with van der Waals surface area (Å²) in [4.78, 5) is 44.2. The Labute approximate surface area is 185 Å². The van der Waals surface area contributed by atoms with E-state index in [4.69, 9.17) is 14.5 Å². The number of aromatic nitrogens is 1. The van der Waals surface area contributed by atoms with Crippen LogP contribution in [-0.2, 0) is 14.3 Å². The van der Waals surface area contributed by atoms with Crippen LogP contribution in [0.15, 0.2) is 41.6 Å². The lowest BCUT2D eigenvalue weighted by Crippen LogP contribution is -2.50. The first kappa shape index (κ1) is 21.6. The molecule has 3 heterocycles. The molecule has 9 nitrogen and oxygen atoms in total. The number of hydrogen-bond acceptors (Lipinski definition) is 7. The number of benzene rings is 1. The molecule has 1 unspecified atom stereocenters. The summed E-state index contributed by atoms with van der Waals surface area (Å²) in [5.41, 5.74) is 1.61. The van der Waals surface area contributed by atoms with Gasteiger partial charge >= 0.3 is 18.0 Å². The van der Waals surface area contributed by atoms with Crippen LogP contribution in [0.3, 0.4) is 0 Å². The van der Waals surface area contributed by atoms with Gasteiger partial charge in [-0.25, -0.2) is 19.4 Å². The zero-order valence-electron chi connectivity index (χ0n) is 18.1. The summed E-state index contributed by atoms with van der Waals surface area (Å²) >= 11 is 0. The van der Waals surface area contributed by atoms with E-state index in [1.165, 1.54) is 0 Å². The Balaban J connectivity index is 1.63. The van der Waals surface area contributed by atoms with Gasteiger partial charge in [0.15, 0.2) is 0 Å². The van der Waals surface area contributed by atoms with Gasteiger partial charge in [0.25, 0.3) is 0 Å². The monoisotopic (exact) mass is 438 g/mol. The van der Waals surface area contributed by atoms with E-state index in [2.05, 4.69) is 15.5 Å². The molecule has 168 valence electrons. The maximum absolute atomic E-state index is 13.1. The van der Waals surface area contributed by atoms with Gasteiger partial charge in [-0.2, -0.15) is 0 Å². The summed E-state index contributed by atoms with van der Waals surface area (Å²) in [6, 6.07) is 8.33. The van der Waals surface area contributed by atoms with Gasteiger partial charge in [0.1, 0.15) is 18.0 Å². The molecule has 0 bridgehead atoms. The number of urea groups is 1. The summed E-state index contributed by atoms with van der Waals surface area (Å²) in [6.07, 6.45) is 2.07. The molecule has 0 radical (unpaired) electrons. The zero-order chi connectivity index (χ0) is 22.7. The summed E-state index contributed by atoms with van der Waals surface area (Å²) < 4.78 is 10.7. The molecule has 1 aromatic heterocycles. The quantitative estimate of drug-likeness (QED) is 0.667. The van der Waals surface area contributed by atoms with Crippen LogP contribution >= 0.6 is 0 Å². The maximum Gasteiger partial charge on any atom is 0.342 e. The third-order valence-corrected chi connectivity index (χ3v) is 5.54. The molecule has 2 aromatic rings. The molecular formula is C23H26N4O5. The minimum absolute atomic E-state index is 0.192. The fourth-order valence-corrected chi connectivity index (χ4v) is 4.03. The topological polar surface area (TPSA) is 110 Å². The lowest BCUT2D eigenvalue weighted by atomic mass is 10.0. The summed E-state index contributed by atoms with van der Waals surface area (Å²) in [5.74, 6) is -0.543. The normalized spacial score (nSPS) is 18.4. The Morgan fingerprint density at radius 2 is 1.91 bits per heavy atom. The second-order valence-corrected chi connectivity index (χ2v) is 7.76. The molecule has 9 heteroatoms. The van der Waals surface area contributed by atoms with Gasteiger partial charge in [-0.05, 0) is 38.8 Å². The Morgan fingerprint density at radius 3 is 2.66 bits per heavy atom. The Kier molecular flexibility index (Phi) is 6.25. The van der Waals surface area contributed by atoms with Gasteiger partial charge in [-0.1, -0.05) is 18.2 Å². The largest absolute Gasteiger partial charge is 0.463 e. The van der Waals surface area contributed by atoms with E-state index in [9.17, 15) is 14.4 Å². The number of hydrogen-bond donors (Lipinski definition) is 2. The lowest BCUT2D eigenvalue weighted by molar-refractivity contribution is -0.139. The van der Waals surface area contributed by atoms with Crippen molar-refractivity contribution >= 4 is 34.7 Å². The number of amides is 2. The highest BCUT2D eigenvalue weighted by Gasteiger charge is 2.31. The van der Waals surface area contributed by atoms with Crippen LogP contribution in [0.2, 0.25) is 0 Å². The van der Waals surface area contributed by atoms with Gasteiger partial charge in [0.2, 0.25) is 0 Å². The third-order valence-electron chi connectivity index (χ3n) is 5.54. The first-order chi connectivity index (χ1) is 15.5. The average molecular weight is 438 g/mol. The van der Waals surface area contributed by atoms with Gasteiger partial charge in [-0.15, -0.1) is 0 Å². The van der Waals surface area contributed by atoms with Gasteiger partial charge in [0, 0.05) is 18.5 Å². The second kappa shape index (κ2) is 9.25. The van der Waals surface area contributed by atoms with Crippen LogP contribution in [0, 0.1) is 0 Å². The van der Waals surface area contributed by atoms with Crippen molar-refractivity contribution in [3.05, 3.63) is 47.2 Å². The SMILES string of the molecule is CCOC(=O)C1=C(COC(=O)c2cc3ccccc3nc2N2CCCC2)NC(=O)NC1C. The van der Waals surface area contributed by atoms with E-state index in [1.54, 1.807) is 19.9 Å². The molecule has 2 N–H and O–H groups in total. The summed E-state index contributed by atoms with van der Waals surface area (Å²) in [7, 11) is 0. The van der Waals surface area contributed by atoms with Crippen molar-refractivity contribution in [1.29, 1.82) is 0 Å². The predicted molar refractivity (Wildman–Crippen MR) is 118 cm³/mol. The fraction of sp³-hybridized carbons (Fsp3) is 0.391. The van der Waals surface area contributed by atoms with Crippen molar-refractivity contribution in [2.45, 2.75) is 32.7 Å². The first-order valence-electron chi connectivity index (χ1n) is 10.8. The number of ether oxygens (including phenoxy) is 2. The molecule has 4 rings (SSSR count). The molecule has 0 saturated carbocycles. The van der Waals surface area contributed by atoms with Crippen molar-refractivity contribution in [1.82, 2.24) is 15.6 Å². The number of anilines is 1. The number of nitrogens with zero attached hydrogens (tertiary/aromatic N) is 2. The van der Waals surface area contributed by atoms with Crippen LogP contribution in [0.5, 0.6) is 0 Å².